The Kier molecular flexibility index (Phi) is 5.98. The molecule has 0 radical (unpaired) electrons. The topological polar surface area (TPSA) is 71.3 Å². The quantitative estimate of drug-likeness (QED) is 0.779. The zero-order valence-electron chi connectivity index (χ0n) is 14.0. The summed E-state index contributed by atoms with van der Waals surface area (Å²) in [5.74, 6) is 1.65. The highest BCUT2D eigenvalue weighted by Gasteiger charge is 2.25. The predicted molar refractivity (Wildman–Crippen MR) is 93.5 cm³/mol. The molecule has 1 aliphatic rings. The number of likely N-dealkylation sites (tertiary alicyclic amines) is 1. The van der Waals surface area contributed by atoms with Gasteiger partial charge in [-0.05, 0) is 43.8 Å². The van der Waals surface area contributed by atoms with Crippen molar-refractivity contribution in [3.05, 3.63) is 23.4 Å². The molecule has 6 nitrogen and oxygen atoms in total. The molecule has 0 bridgehead atoms. The molecule has 3 heterocycles. The number of thiophene rings is 1. The van der Waals surface area contributed by atoms with E-state index in [1.54, 1.807) is 11.3 Å². The first-order valence-electron chi connectivity index (χ1n) is 8.62. The van der Waals surface area contributed by atoms with Gasteiger partial charge in [-0.3, -0.25) is 9.69 Å². The van der Waals surface area contributed by atoms with Crippen LogP contribution in [-0.4, -0.2) is 40.6 Å². The van der Waals surface area contributed by atoms with Crippen molar-refractivity contribution in [2.24, 2.45) is 5.92 Å². The summed E-state index contributed by atoms with van der Waals surface area (Å²) in [7, 11) is 0. The summed E-state index contributed by atoms with van der Waals surface area (Å²) in [6, 6.07) is 3.97. The van der Waals surface area contributed by atoms with E-state index < -0.39 is 0 Å². The lowest BCUT2D eigenvalue weighted by Crippen LogP contribution is -2.40. The van der Waals surface area contributed by atoms with E-state index in [1.807, 2.05) is 17.5 Å². The zero-order valence-corrected chi connectivity index (χ0v) is 14.8. The van der Waals surface area contributed by atoms with Crippen LogP contribution in [0, 0.1) is 5.92 Å². The van der Waals surface area contributed by atoms with Crippen molar-refractivity contribution in [2.75, 3.05) is 19.6 Å². The molecule has 130 valence electrons. The van der Waals surface area contributed by atoms with Crippen LogP contribution in [0.4, 0.5) is 0 Å². The van der Waals surface area contributed by atoms with Crippen LogP contribution in [0.15, 0.2) is 22.0 Å². The first kappa shape index (κ1) is 17.1. The molecule has 2 aromatic rings. The Morgan fingerprint density at radius 3 is 3.00 bits per heavy atom. The Morgan fingerprint density at radius 2 is 2.29 bits per heavy atom. The van der Waals surface area contributed by atoms with Crippen LogP contribution >= 0.6 is 11.3 Å². The van der Waals surface area contributed by atoms with Gasteiger partial charge >= 0.3 is 0 Å². The average molecular weight is 348 g/mol. The highest BCUT2D eigenvalue weighted by molar-refractivity contribution is 7.13. The Balaban J connectivity index is 1.45. The normalized spacial score (nSPS) is 16.4. The Labute approximate surface area is 146 Å². The smallest absolute Gasteiger partial charge is 0.241 e. The van der Waals surface area contributed by atoms with Gasteiger partial charge in [-0.15, -0.1) is 11.3 Å². The molecule has 1 N–H and O–H groups in total. The number of unbranched alkanes of at least 4 members (excludes halogenated alkanes) is 1. The number of hydrogen-bond acceptors (Lipinski definition) is 6. The van der Waals surface area contributed by atoms with Gasteiger partial charge in [0.05, 0.1) is 11.4 Å². The molecule has 0 saturated carbocycles. The second kappa shape index (κ2) is 8.39. The lowest BCUT2D eigenvalue weighted by Gasteiger charge is -2.30. The third-order valence-electron chi connectivity index (χ3n) is 4.36. The fraction of sp³-hybridized carbons (Fsp3) is 0.588. The van der Waals surface area contributed by atoms with E-state index in [-0.39, 0.29) is 11.8 Å². The number of nitrogens with one attached hydrogen (secondary N) is 1. The summed E-state index contributed by atoms with van der Waals surface area (Å²) in [6.45, 7) is 5.36. The molecule has 0 atom stereocenters. The Morgan fingerprint density at radius 1 is 1.46 bits per heavy atom. The minimum Gasteiger partial charge on any atom is -0.356 e. The molecule has 3 rings (SSSR count). The molecule has 1 aliphatic heterocycles. The first-order valence-corrected chi connectivity index (χ1v) is 9.50. The monoisotopic (exact) mass is 348 g/mol. The number of rotatable bonds is 7. The van der Waals surface area contributed by atoms with Gasteiger partial charge < -0.3 is 9.84 Å². The van der Waals surface area contributed by atoms with Gasteiger partial charge in [0.25, 0.3) is 0 Å². The molecule has 1 fully saturated rings. The van der Waals surface area contributed by atoms with Crippen LogP contribution in [0.5, 0.6) is 0 Å². The standard InChI is InChI=1S/C17H24N4O2S/c1-2-3-8-18-17(22)13-6-9-21(10-7-13)12-15-19-16(20-23-15)14-5-4-11-24-14/h4-5,11,13H,2-3,6-10,12H2,1H3,(H,18,22). The third kappa shape index (κ3) is 4.42. The molecule has 0 aromatic carbocycles. The number of hydrogen-bond donors (Lipinski definition) is 1. The summed E-state index contributed by atoms with van der Waals surface area (Å²) >= 11 is 1.60. The molecular formula is C17H24N4O2S. The lowest BCUT2D eigenvalue weighted by atomic mass is 9.96. The fourth-order valence-electron chi connectivity index (χ4n) is 2.90. The number of aromatic nitrogens is 2. The van der Waals surface area contributed by atoms with Gasteiger partial charge in [-0.25, -0.2) is 0 Å². The maximum Gasteiger partial charge on any atom is 0.241 e. The zero-order chi connectivity index (χ0) is 16.8. The van der Waals surface area contributed by atoms with Crippen molar-refractivity contribution >= 4 is 17.2 Å². The minimum atomic E-state index is 0.141. The van der Waals surface area contributed by atoms with Gasteiger partial charge in [-0.2, -0.15) is 4.98 Å². The van der Waals surface area contributed by atoms with Crippen molar-refractivity contribution in [1.82, 2.24) is 20.4 Å². The van der Waals surface area contributed by atoms with Gasteiger partial charge in [0.1, 0.15) is 0 Å². The second-order valence-electron chi connectivity index (χ2n) is 6.18. The number of nitrogens with zero attached hydrogens (tertiary/aromatic N) is 3. The maximum absolute atomic E-state index is 12.1. The highest BCUT2D eigenvalue weighted by Crippen LogP contribution is 2.23. The number of carbonyl (C=O) groups is 1. The van der Waals surface area contributed by atoms with Crippen LogP contribution in [-0.2, 0) is 11.3 Å². The van der Waals surface area contributed by atoms with E-state index in [4.69, 9.17) is 4.52 Å². The van der Waals surface area contributed by atoms with Crippen LogP contribution < -0.4 is 5.32 Å². The van der Waals surface area contributed by atoms with Crippen molar-refractivity contribution < 1.29 is 9.32 Å². The Bertz CT molecular complexity index is 633. The number of carbonyl (C=O) groups excluding carboxylic acids is 1. The van der Waals surface area contributed by atoms with Crippen LogP contribution in [0.25, 0.3) is 10.7 Å². The van der Waals surface area contributed by atoms with Gasteiger partial charge in [0, 0.05) is 12.5 Å². The molecule has 24 heavy (non-hydrogen) atoms. The van der Waals surface area contributed by atoms with Crippen LogP contribution in [0.2, 0.25) is 0 Å². The first-order chi connectivity index (χ1) is 11.8. The van der Waals surface area contributed by atoms with Gasteiger partial charge in [-0.1, -0.05) is 24.6 Å². The van der Waals surface area contributed by atoms with Crippen molar-refractivity contribution in [2.45, 2.75) is 39.2 Å². The number of piperidine rings is 1. The van der Waals surface area contributed by atoms with Gasteiger partial charge in [0.2, 0.25) is 17.6 Å². The SMILES string of the molecule is CCCCNC(=O)C1CCN(Cc2nc(-c3cccs3)no2)CC1. The summed E-state index contributed by atoms with van der Waals surface area (Å²) < 4.78 is 5.36. The van der Waals surface area contributed by atoms with E-state index in [0.717, 1.165) is 50.2 Å². The van der Waals surface area contributed by atoms with Crippen molar-refractivity contribution in [3.8, 4) is 10.7 Å². The minimum absolute atomic E-state index is 0.141. The largest absolute Gasteiger partial charge is 0.356 e. The third-order valence-corrected chi connectivity index (χ3v) is 5.22. The molecule has 1 amide bonds. The van der Waals surface area contributed by atoms with Crippen molar-refractivity contribution in [1.29, 1.82) is 0 Å². The molecule has 0 unspecified atom stereocenters. The fourth-order valence-corrected chi connectivity index (χ4v) is 3.55. The molecule has 7 heteroatoms. The average Bonchev–Trinajstić information content (AvgIpc) is 3.27. The maximum atomic E-state index is 12.1. The molecule has 0 spiro atoms. The molecule has 1 saturated heterocycles. The molecular weight excluding hydrogens is 324 g/mol. The number of amides is 1. The summed E-state index contributed by atoms with van der Waals surface area (Å²) in [4.78, 5) is 19.9. The second-order valence-corrected chi connectivity index (χ2v) is 7.13. The van der Waals surface area contributed by atoms with E-state index in [9.17, 15) is 4.79 Å². The van der Waals surface area contributed by atoms with Crippen molar-refractivity contribution in [3.63, 3.8) is 0 Å². The lowest BCUT2D eigenvalue weighted by molar-refractivity contribution is -0.126. The summed E-state index contributed by atoms with van der Waals surface area (Å²) in [6.07, 6.45) is 3.94. The highest BCUT2D eigenvalue weighted by atomic mass is 32.1. The van der Waals surface area contributed by atoms with E-state index in [1.165, 1.54) is 0 Å². The summed E-state index contributed by atoms with van der Waals surface area (Å²) in [5.41, 5.74) is 0. The summed E-state index contributed by atoms with van der Waals surface area (Å²) in [5, 5.41) is 9.08. The van der Waals surface area contributed by atoms with Gasteiger partial charge in [0.15, 0.2) is 0 Å². The molecule has 0 aliphatic carbocycles. The van der Waals surface area contributed by atoms with E-state index in [2.05, 4.69) is 27.3 Å². The van der Waals surface area contributed by atoms with E-state index >= 15 is 0 Å². The Hall–Kier alpha value is -1.73. The van der Waals surface area contributed by atoms with Crippen LogP contribution in [0.3, 0.4) is 0 Å². The van der Waals surface area contributed by atoms with E-state index in [0.29, 0.717) is 18.3 Å². The van der Waals surface area contributed by atoms with Crippen LogP contribution in [0.1, 0.15) is 38.5 Å². The molecule has 2 aromatic heterocycles. The predicted octanol–water partition coefficient (Wildman–Crippen LogP) is 2.93.